The number of carbonyl (C=O) groups is 3. The summed E-state index contributed by atoms with van der Waals surface area (Å²) in [6, 6.07) is 13.4. The Hall–Kier alpha value is -1.99. The Bertz CT molecular complexity index is 805. The van der Waals surface area contributed by atoms with Crippen LogP contribution < -0.4 is 0 Å². The summed E-state index contributed by atoms with van der Waals surface area (Å²) < 4.78 is 5.98. The van der Waals surface area contributed by atoms with E-state index in [4.69, 9.17) is 4.74 Å². The summed E-state index contributed by atoms with van der Waals surface area (Å²) in [7, 11) is 0. The van der Waals surface area contributed by atoms with Gasteiger partial charge in [-0.2, -0.15) is 0 Å². The minimum absolute atomic E-state index is 0.0450. The van der Waals surface area contributed by atoms with Crippen molar-refractivity contribution in [1.29, 1.82) is 0 Å². The Kier molecular flexibility index (Phi) is 6.21. The van der Waals surface area contributed by atoms with E-state index < -0.39 is 11.9 Å². The molecule has 5 nitrogen and oxygen atoms in total. The molecule has 0 bridgehead atoms. The van der Waals surface area contributed by atoms with Crippen molar-refractivity contribution < 1.29 is 19.1 Å². The van der Waals surface area contributed by atoms with Gasteiger partial charge >= 0.3 is 5.97 Å². The number of likely N-dealkylation sites (tertiary alicyclic amines) is 1. The molecule has 7 heteroatoms. The first kappa shape index (κ1) is 18.8. The normalized spacial score (nSPS) is 16.7. The second-order valence-electron chi connectivity index (χ2n) is 6.11. The summed E-state index contributed by atoms with van der Waals surface area (Å²) in [6.07, 6.45) is 0.895. The van der Waals surface area contributed by atoms with Gasteiger partial charge in [0.15, 0.2) is 6.61 Å². The average molecular weight is 436 g/mol. The molecular weight excluding hydrogens is 418 g/mol. The lowest BCUT2D eigenvalue weighted by molar-refractivity contribution is -0.147. The van der Waals surface area contributed by atoms with Gasteiger partial charge in [0, 0.05) is 19.5 Å². The van der Waals surface area contributed by atoms with Crippen LogP contribution in [-0.4, -0.2) is 42.3 Å². The van der Waals surface area contributed by atoms with Gasteiger partial charge in [0.2, 0.25) is 11.7 Å². The van der Waals surface area contributed by atoms with E-state index in [1.807, 2.05) is 30.3 Å². The molecule has 0 spiro atoms. The van der Waals surface area contributed by atoms with Crippen molar-refractivity contribution in [1.82, 2.24) is 4.90 Å². The van der Waals surface area contributed by atoms with Gasteiger partial charge in [-0.1, -0.05) is 30.3 Å². The lowest BCUT2D eigenvalue weighted by Gasteiger charge is -2.16. The Balaban J connectivity index is 1.46. The van der Waals surface area contributed by atoms with Crippen LogP contribution in [0.5, 0.6) is 0 Å². The quantitative estimate of drug-likeness (QED) is 0.494. The van der Waals surface area contributed by atoms with E-state index in [9.17, 15) is 14.4 Å². The van der Waals surface area contributed by atoms with Gasteiger partial charge in [0.1, 0.15) is 0 Å². The fourth-order valence-corrected chi connectivity index (χ4v) is 4.16. The van der Waals surface area contributed by atoms with Gasteiger partial charge in [0.25, 0.3) is 0 Å². The highest BCUT2D eigenvalue weighted by atomic mass is 79.9. The Morgan fingerprint density at radius 3 is 2.65 bits per heavy atom. The molecule has 0 saturated carbocycles. The summed E-state index contributed by atoms with van der Waals surface area (Å²) in [5.74, 6) is -1.26. The molecule has 1 atom stereocenters. The number of esters is 1. The van der Waals surface area contributed by atoms with Crippen LogP contribution in [0.15, 0.2) is 46.3 Å². The molecule has 1 aliphatic heterocycles. The van der Waals surface area contributed by atoms with Crippen molar-refractivity contribution in [2.75, 3.05) is 19.7 Å². The first-order valence-corrected chi connectivity index (χ1v) is 9.91. The maximum absolute atomic E-state index is 12.2. The molecule has 2 heterocycles. The number of carbonyl (C=O) groups excluding carboxylic acids is 3. The maximum Gasteiger partial charge on any atom is 0.311 e. The van der Waals surface area contributed by atoms with E-state index in [0.717, 1.165) is 15.8 Å². The minimum Gasteiger partial charge on any atom is -0.457 e. The molecule has 0 radical (unpaired) electrons. The zero-order valence-corrected chi connectivity index (χ0v) is 16.4. The number of ether oxygens (including phenoxy) is 1. The van der Waals surface area contributed by atoms with Crippen LogP contribution in [-0.2, 0) is 20.7 Å². The minimum atomic E-state index is -0.499. The highest BCUT2D eigenvalue weighted by Crippen LogP contribution is 2.23. The van der Waals surface area contributed by atoms with Crippen molar-refractivity contribution in [2.24, 2.45) is 5.92 Å². The number of halogens is 1. The number of Topliss-reactive ketones (excluding diaryl/α,β-unsaturated/α-hetero) is 1. The third-order valence-corrected chi connectivity index (χ3v) is 5.92. The number of benzene rings is 1. The van der Waals surface area contributed by atoms with E-state index in [1.165, 1.54) is 11.3 Å². The highest BCUT2D eigenvalue weighted by molar-refractivity contribution is 9.11. The fourth-order valence-electron chi connectivity index (χ4n) is 2.84. The summed E-state index contributed by atoms with van der Waals surface area (Å²) in [5, 5.41) is 0. The van der Waals surface area contributed by atoms with Crippen LogP contribution >= 0.6 is 27.3 Å². The molecule has 0 aliphatic carbocycles. The van der Waals surface area contributed by atoms with Crippen molar-refractivity contribution in [3.8, 4) is 0 Å². The van der Waals surface area contributed by atoms with Crippen LogP contribution in [0.2, 0.25) is 0 Å². The lowest BCUT2D eigenvalue weighted by atomic mass is 10.1. The number of rotatable bonds is 7. The molecule has 1 saturated heterocycles. The smallest absolute Gasteiger partial charge is 0.311 e. The summed E-state index contributed by atoms with van der Waals surface area (Å²) in [5.41, 5.74) is 1.15. The second-order valence-corrected chi connectivity index (χ2v) is 8.57. The standard InChI is InChI=1S/C19H18BrNO4S/c20-17-7-6-16(26-17)15(22)12-25-19(24)14-10-18(23)21(11-14)9-8-13-4-2-1-3-5-13/h1-7,14H,8-12H2/t14-/m0/s1. The number of hydrogen-bond donors (Lipinski definition) is 0. The monoisotopic (exact) mass is 435 g/mol. The van der Waals surface area contributed by atoms with E-state index in [-0.39, 0.29) is 24.7 Å². The molecule has 1 fully saturated rings. The van der Waals surface area contributed by atoms with Crippen LogP contribution in [0.25, 0.3) is 0 Å². The molecule has 0 N–H and O–H groups in total. The number of hydrogen-bond acceptors (Lipinski definition) is 5. The first-order chi connectivity index (χ1) is 12.5. The van der Waals surface area contributed by atoms with Crippen LogP contribution in [0.3, 0.4) is 0 Å². The van der Waals surface area contributed by atoms with Gasteiger partial charge < -0.3 is 9.64 Å². The molecule has 2 aromatic rings. The predicted molar refractivity (Wildman–Crippen MR) is 102 cm³/mol. The van der Waals surface area contributed by atoms with Crippen molar-refractivity contribution in [2.45, 2.75) is 12.8 Å². The van der Waals surface area contributed by atoms with Gasteiger partial charge in [-0.25, -0.2) is 0 Å². The number of thiophene rings is 1. The third-order valence-electron chi connectivity index (χ3n) is 4.25. The Morgan fingerprint density at radius 2 is 1.96 bits per heavy atom. The molecule has 1 aliphatic rings. The van der Waals surface area contributed by atoms with E-state index in [2.05, 4.69) is 15.9 Å². The second kappa shape index (κ2) is 8.60. The molecule has 26 heavy (non-hydrogen) atoms. The van der Waals surface area contributed by atoms with Crippen LogP contribution in [0.1, 0.15) is 21.7 Å². The van der Waals surface area contributed by atoms with Crippen molar-refractivity contribution in [3.05, 3.63) is 56.7 Å². The molecule has 1 aromatic carbocycles. The molecule has 136 valence electrons. The topological polar surface area (TPSA) is 63.7 Å². The number of nitrogens with zero attached hydrogens (tertiary/aromatic N) is 1. The SMILES string of the molecule is O=C(COC(=O)[C@H]1CC(=O)N(CCc2ccccc2)C1)c1ccc(Br)s1. The Labute approximate surface area is 164 Å². The van der Waals surface area contributed by atoms with Gasteiger partial charge in [-0.3, -0.25) is 14.4 Å². The van der Waals surface area contributed by atoms with Crippen LogP contribution in [0, 0.1) is 5.92 Å². The zero-order chi connectivity index (χ0) is 18.5. The maximum atomic E-state index is 12.2. The van der Waals surface area contributed by atoms with Gasteiger partial charge in [0.05, 0.1) is 14.6 Å². The van der Waals surface area contributed by atoms with E-state index >= 15 is 0 Å². The molecule has 1 aromatic heterocycles. The molecule has 0 unspecified atom stereocenters. The first-order valence-electron chi connectivity index (χ1n) is 8.30. The van der Waals surface area contributed by atoms with E-state index in [0.29, 0.717) is 18.0 Å². The van der Waals surface area contributed by atoms with E-state index in [1.54, 1.807) is 17.0 Å². The van der Waals surface area contributed by atoms with Crippen LogP contribution in [0.4, 0.5) is 0 Å². The molecule has 3 rings (SSSR count). The summed E-state index contributed by atoms with van der Waals surface area (Å²) >= 11 is 4.59. The number of ketones is 1. The fraction of sp³-hybridized carbons (Fsp3) is 0.316. The predicted octanol–water partition coefficient (Wildman–Crippen LogP) is 3.33. The largest absolute Gasteiger partial charge is 0.457 e. The number of amides is 1. The summed E-state index contributed by atoms with van der Waals surface area (Å²) in [4.78, 5) is 38.5. The third kappa shape index (κ3) is 4.80. The lowest BCUT2D eigenvalue weighted by Crippen LogP contribution is -2.29. The van der Waals surface area contributed by atoms with Crippen molar-refractivity contribution in [3.63, 3.8) is 0 Å². The molecular formula is C19H18BrNO4S. The zero-order valence-electron chi connectivity index (χ0n) is 14.0. The Morgan fingerprint density at radius 1 is 1.19 bits per heavy atom. The highest BCUT2D eigenvalue weighted by Gasteiger charge is 2.35. The van der Waals surface area contributed by atoms with Gasteiger partial charge in [-0.15, -0.1) is 11.3 Å². The summed E-state index contributed by atoms with van der Waals surface area (Å²) in [6.45, 7) is 0.637. The van der Waals surface area contributed by atoms with Crippen molar-refractivity contribution >= 4 is 44.9 Å². The van der Waals surface area contributed by atoms with Gasteiger partial charge in [-0.05, 0) is 40.0 Å². The molecule has 1 amide bonds. The average Bonchev–Trinajstić information content (AvgIpc) is 3.24.